The topological polar surface area (TPSA) is 40.5 Å². The van der Waals surface area contributed by atoms with Gasteiger partial charge in [-0.05, 0) is 105 Å². The lowest BCUT2D eigenvalue weighted by Crippen LogP contribution is -2.67. The second-order valence-corrected chi connectivity index (χ2v) is 13.7. The fraction of sp³-hybridized carbons (Fsp3) is 0.964. The highest BCUT2D eigenvalue weighted by atomic mass is 16.3. The first-order valence-corrected chi connectivity index (χ1v) is 13.7. The number of piperidine rings is 2. The Bertz CT molecular complexity index is 747. The van der Waals surface area contributed by atoms with Gasteiger partial charge in [0.2, 0.25) is 0 Å². The summed E-state index contributed by atoms with van der Waals surface area (Å²) in [5, 5.41) is 11.8. The van der Waals surface area contributed by atoms with Gasteiger partial charge in [0.25, 0.3) is 0 Å². The lowest BCUT2D eigenvalue weighted by atomic mass is 9.51. The number of ketones is 1. The summed E-state index contributed by atoms with van der Waals surface area (Å²) in [7, 11) is 0. The fourth-order valence-corrected chi connectivity index (χ4v) is 10.6. The van der Waals surface area contributed by atoms with Crippen LogP contribution >= 0.6 is 0 Å². The minimum Gasteiger partial charge on any atom is -0.388 e. The summed E-state index contributed by atoms with van der Waals surface area (Å²) < 4.78 is 0. The molecule has 0 aromatic rings. The van der Waals surface area contributed by atoms with Crippen LogP contribution in [0.4, 0.5) is 0 Å². The van der Waals surface area contributed by atoms with Gasteiger partial charge in [-0.2, -0.15) is 0 Å². The summed E-state index contributed by atoms with van der Waals surface area (Å²) in [6, 6.07) is 0.369. The SMILES string of the molecule is C[C@@H]1CC[C@]2(C)[C@H](C1)C(=O)C[C@@H]1[C@@H]3CC[C@@H]4[C@H](CN5C[C@H](C)CC[C@@H]5[C@]4(C)O)[C@H]3C[C@@H]12. The molecule has 0 spiro atoms. The van der Waals surface area contributed by atoms with Gasteiger partial charge in [0.15, 0.2) is 0 Å². The monoisotopic (exact) mass is 427 g/mol. The van der Waals surface area contributed by atoms with E-state index in [1.54, 1.807) is 0 Å². The Labute approximate surface area is 189 Å². The highest BCUT2D eigenvalue weighted by Gasteiger charge is 2.64. The van der Waals surface area contributed by atoms with E-state index in [2.05, 4.69) is 32.6 Å². The lowest BCUT2D eigenvalue weighted by Gasteiger charge is -2.59. The number of carbonyl (C=O) groups excluding carboxylic acids is 1. The summed E-state index contributed by atoms with van der Waals surface area (Å²) in [4.78, 5) is 16.1. The third-order valence-electron chi connectivity index (χ3n) is 12.1. The molecular weight excluding hydrogens is 382 g/mol. The number of fused-ring (bicyclic) bond motifs is 8. The third-order valence-corrected chi connectivity index (χ3v) is 12.1. The Morgan fingerprint density at radius 1 is 0.839 bits per heavy atom. The average molecular weight is 428 g/mol. The number of carbonyl (C=O) groups is 1. The molecule has 31 heavy (non-hydrogen) atoms. The van der Waals surface area contributed by atoms with Crippen molar-refractivity contribution in [2.45, 2.75) is 97.1 Å². The van der Waals surface area contributed by atoms with Gasteiger partial charge in [0, 0.05) is 31.5 Å². The minimum absolute atomic E-state index is 0.249. The van der Waals surface area contributed by atoms with E-state index < -0.39 is 5.60 Å². The molecule has 0 unspecified atom stereocenters. The Balaban J connectivity index is 1.31. The molecule has 0 radical (unpaired) electrons. The van der Waals surface area contributed by atoms with Crippen LogP contribution in [0.15, 0.2) is 0 Å². The van der Waals surface area contributed by atoms with E-state index in [1.165, 1.54) is 58.0 Å². The normalized spacial score (nSPS) is 59.2. The average Bonchev–Trinajstić information content (AvgIpc) is 3.09. The van der Waals surface area contributed by atoms with Crippen LogP contribution in [-0.4, -0.2) is 40.5 Å². The van der Waals surface area contributed by atoms with Crippen LogP contribution in [-0.2, 0) is 4.79 Å². The predicted octanol–water partition coefficient (Wildman–Crippen LogP) is 5.16. The van der Waals surface area contributed by atoms with Crippen LogP contribution < -0.4 is 0 Å². The van der Waals surface area contributed by atoms with Crippen molar-refractivity contribution in [2.75, 3.05) is 13.1 Å². The minimum atomic E-state index is -0.537. The van der Waals surface area contributed by atoms with Crippen molar-refractivity contribution in [2.24, 2.45) is 58.7 Å². The van der Waals surface area contributed by atoms with Crippen LogP contribution in [0.3, 0.4) is 0 Å². The molecule has 6 fully saturated rings. The van der Waals surface area contributed by atoms with Crippen molar-refractivity contribution in [1.29, 1.82) is 0 Å². The molecule has 6 rings (SSSR count). The van der Waals surface area contributed by atoms with Crippen molar-refractivity contribution < 1.29 is 9.90 Å². The molecule has 1 N–H and O–H groups in total. The number of nitrogens with zero attached hydrogens (tertiary/aromatic N) is 1. The molecule has 0 aromatic carbocycles. The highest BCUT2D eigenvalue weighted by Crippen LogP contribution is 2.67. The van der Waals surface area contributed by atoms with Crippen molar-refractivity contribution in [1.82, 2.24) is 4.90 Å². The van der Waals surface area contributed by atoms with E-state index in [0.717, 1.165) is 42.4 Å². The van der Waals surface area contributed by atoms with Gasteiger partial charge in [-0.25, -0.2) is 0 Å². The summed E-state index contributed by atoms with van der Waals surface area (Å²) in [5.74, 6) is 6.39. The molecule has 2 aliphatic heterocycles. The van der Waals surface area contributed by atoms with Crippen molar-refractivity contribution in [3.05, 3.63) is 0 Å². The molecule has 0 amide bonds. The molecule has 3 nitrogen and oxygen atoms in total. The number of rotatable bonds is 0. The highest BCUT2D eigenvalue weighted by molar-refractivity contribution is 5.83. The molecule has 3 heteroatoms. The number of aliphatic hydroxyl groups is 1. The molecule has 6 aliphatic rings. The Morgan fingerprint density at radius 2 is 1.65 bits per heavy atom. The van der Waals surface area contributed by atoms with Gasteiger partial charge in [-0.3, -0.25) is 9.69 Å². The maximum Gasteiger partial charge on any atom is 0.136 e. The van der Waals surface area contributed by atoms with Crippen LogP contribution in [0.1, 0.15) is 85.5 Å². The van der Waals surface area contributed by atoms with E-state index in [-0.39, 0.29) is 5.41 Å². The van der Waals surface area contributed by atoms with Gasteiger partial charge >= 0.3 is 0 Å². The summed E-state index contributed by atoms with van der Waals surface area (Å²) in [5.41, 5.74) is -0.289. The van der Waals surface area contributed by atoms with Crippen molar-refractivity contribution in [3.8, 4) is 0 Å². The number of hydrogen-bond donors (Lipinski definition) is 1. The second kappa shape index (κ2) is 7.05. The zero-order valence-corrected chi connectivity index (χ0v) is 20.4. The summed E-state index contributed by atoms with van der Waals surface area (Å²) >= 11 is 0. The predicted molar refractivity (Wildman–Crippen MR) is 123 cm³/mol. The van der Waals surface area contributed by atoms with Crippen molar-refractivity contribution >= 4 is 5.78 Å². The molecule has 4 aliphatic carbocycles. The van der Waals surface area contributed by atoms with Crippen molar-refractivity contribution in [3.63, 3.8) is 0 Å². The van der Waals surface area contributed by atoms with Gasteiger partial charge in [-0.1, -0.05) is 27.2 Å². The molecule has 174 valence electrons. The first kappa shape index (κ1) is 21.1. The standard InChI is InChI=1S/C28H45NO2/c1-16-9-10-27(3)23-12-19-18(20(23)13-25(30)24(27)11-16)6-7-22-21(19)15-29-14-17(2)5-8-26(29)28(22,4)31/h16-24,26,31H,5-15H2,1-4H3/t16-,17-,18-,19+,20-,21-,22-,23+,24-,26-,27+,28-/m1/s1. The van der Waals surface area contributed by atoms with E-state index >= 15 is 0 Å². The molecule has 4 saturated carbocycles. The van der Waals surface area contributed by atoms with Gasteiger partial charge in [0.1, 0.15) is 5.78 Å². The number of Topliss-reactive ketones (excluding diaryl/α,β-unsaturated/α-hetero) is 1. The molecule has 0 aromatic heterocycles. The molecule has 0 bridgehead atoms. The quantitative estimate of drug-likeness (QED) is 0.580. The Hall–Kier alpha value is -0.410. The largest absolute Gasteiger partial charge is 0.388 e. The van der Waals surface area contributed by atoms with E-state index in [9.17, 15) is 9.90 Å². The molecule has 2 saturated heterocycles. The zero-order valence-electron chi connectivity index (χ0n) is 20.4. The molecular formula is C28H45NO2. The summed E-state index contributed by atoms with van der Waals surface area (Å²) in [6.45, 7) is 11.8. The first-order valence-electron chi connectivity index (χ1n) is 13.7. The molecule has 12 atom stereocenters. The first-order chi connectivity index (χ1) is 14.7. The summed E-state index contributed by atoms with van der Waals surface area (Å²) in [6.07, 6.45) is 10.8. The fourth-order valence-electron chi connectivity index (χ4n) is 10.6. The van der Waals surface area contributed by atoms with Crippen LogP contribution in [0.25, 0.3) is 0 Å². The third kappa shape index (κ3) is 2.94. The van der Waals surface area contributed by atoms with Gasteiger partial charge in [-0.15, -0.1) is 0 Å². The van der Waals surface area contributed by atoms with Crippen LogP contribution in [0.5, 0.6) is 0 Å². The smallest absolute Gasteiger partial charge is 0.136 e. The van der Waals surface area contributed by atoms with Crippen LogP contribution in [0.2, 0.25) is 0 Å². The van der Waals surface area contributed by atoms with E-state index in [1.807, 2.05) is 0 Å². The van der Waals surface area contributed by atoms with Gasteiger partial charge < -0.3 is 5.11 Å². The van der Waals surface area contributed by atoms with Crippen LogP contribution in [0, 0.1) is 58.7 Å². The second-order valence-electron chi connectivity index (χ2n) is 13.7. The molecule has 2 heterocycles. The number of hydrogen-bond acceptors (Lipinski definition) is 3. The van der Waals surface area contributed by atoms with Gasteiger partial charge in [0.05, 0.1) is 5.60 Å². The lowest BCUT2D eigenvalue weighted by molar-refractivity contribution is -0.175. The Kier molecular flexibility index (Phi) is 4.81. The maximum atomic E-state index is 13.4. The Morgan fingerprint density at radius 3 is 2.45 bits per heavy atom. The maximum absolute atomic E-state index is 13.4. The zero-order chi connectivity index (χ0) is 21.7. The van der Waals surface area contributed by atoms with E-state index in [0.29, 0.717) is 35.5 Å². The van der Waals surface area contributed by atoms with E-state index in [4.69, 9.17) is 0 Å².